The van der Waals surface area contributed by atoms with Crippen molar-refractivity contribution in [1.82, 2.24) is 0 Å². The molecule has 2 heterocycles. The molecule has 0 radical (unpaired) electrons. The quantitative estimate of drug-likeness (QED) is 0.575. The summed E-state index contributed by atoms with van der Waals surface area (Å²) in [4.78, 5) is 0. The fraction of sp³-hybridized carbons (Fsp3) is 0.500. The van der Waals surface area contributed by atoms with E-state index < -0.39 is 0 Å². The number of benzene rings is 1. The third-order valence-corrected chi connectivity index (χ3v) is 14.9. The Morgan fingerprint density at radius 1 is 1.36 bits per heavy atom. The number of hydrogen-bond donors (Lipinski definition) is 0. The van der Waals surface area contributed by atoms with Crippen molar-refractivity contribution in [3.63, 3.8) is 0 Å². The summed E-state index contributed by atoms with van der Waals surface area (Å²) in [5.41, 5.74) is 5.54. The molecule has 14 heavy (non-hydrogen) atoms. The number of aryl methyl sites for hydroxylation is 1. The zero-order valence-corrected chi connectivity index (χ0v) is 12.4. The fourth-order valence-electron chi connectivity index (χ4n) is 3.56. The van der Waals surface area contributed by atoms with Crippen molar-refractivity contribution in [3.05, 3.63) is 34.9 Å². The molecule has 2 heteroatoms. The predicted molar refractivity (Wildman–Crippen MR) is 58.2 cm³/mol. The summed E-state index contributed by atoms with van der Waals surface area (Å²) in [6.45, 7) is 0. The summed E-state index contributed by atoms with van der Waals surface area (Å²) in [7, 11) is 0. The minimum atomic E-state index is 0.400. The Balaban J connectivity index is 1.92. The van der Waals surface area contributed by atoms with Crippen LogP contribution in [0.15, 0.2) is 18.2 Å². The molecular weight excluding hydrogens is 399 g/mol. The molecule has 0 aromatic heterocycles. The molecule has 4 atom stereocenters. The van der Waals surface area contributed by atoms with Gasteiger partial charge in [0.25, 0.3) is 0 Å². The molecule has 2 fully saturated rings. The van der Waals surface area contributed by atoms with Crippen molar-refractivity contribution in [2.45, 2.75) is 28.2 Å². The van der Waals surface area contributed by atoms with Crippen LogP contribution in [-0.4, -0.2) is 41.8 Å². The van der Waals surface area contributed by atoms with Gasteiger partial charge in [-0.1, -0.05) is 0 Å². The second-order valence-electron chi connectivity index (χ2n) is 4.83. The first-order valence-electron chi connectivity index (χ1n) is 5.36. The fourth-order valence-corrected chi connectivity index (χ4v) is 16.0. The molecule has 5 rings (SSSR count). The van der Waals surface area contributed by atoms with Crippen LogP contribution >= 0.6 is 0 Å². The van der Waals surface area contributed by atoms with Crippen molar-refractivity contribution >= 4 is 41.8 Å². The average molecular weight is 409 g/mol. The van der Waals surface area contributed by atoms with Gasteiger partial charge in [-0.2, -0.15) is 0 Å². The summed E-state index contributed by atoms with van der Waals surface area (Å²) < 4.78 is 4.64. The molecule has 70 valence electrons. The average Bonchev–Trinajstić information content (AvgIpc) is 3.04. The molecule has 2 aliphatic carbocycles. The van der Waals surface area contributed by atoms with E-state index in [2.05, 4.69) is 18.2 Å². The normalized spacial score (nSPS) is 49.3. The summed E-state index contributed by atoms with van der Waals surface area (Å²) in [5, 5.41) is 0. The minimum absolute atomic E-state index is 0.400. The predicted octanol–water partition coefficient (Wildman–Crippen LogP) is 1.90. The molecule has 2 saturated heterocycles. The van der Waals surface area contributed by atoms with Gasteiger partial charge in [-0.3, -0.25) is 0 Å². The SMILES string of the molecule is c1cc2c3c(c1)C1[Te]C1C1[Te]C31CC2. The molecule has 0 bridgehead atoms. The van der Waals surface area contributed by atoms with Gasteiger partial charge in [-0.05, 0) is 0 Å². The van der Waals surface area contributed by atoms with Gasteiger partial charge in [0.15, 0.2) is 0 Å². The van der Waals surface area contributed by atoms with Gasteiger partial charge in [0.2, 0.25) is 0 Å². The molecule has 0 amide bonds. The Labute approximate surface area is 104 Å². The second-order valence-corrected chi connectivity index (χ2v) is 12.8. The van der Waals surface area contributed by atoms with Crippen LogP contribution in [0.4, 0.5) is 0 Å². The van der Waals surface area contributed by atoms with Crippen LogP contribution in [0.3, 0.4) is 0 Å². The standard InChI is InChI=1S/C12H10Te2/c1-2-6-4-5-12-8(6)7(3-1)9-10(13-9)11(12)14-12/h1-3,9-11H,4-5H2. The van der Waals surface area contributed by atoms with Gasteiger partial charge in [0.1, 0.15) is 0 Å². The first kappa shape index (κ1) is 7.97. The van der Waals surface area contributed by atoms with Crippen LogP contribution in [0.25, 0.3) is 0 Å². The van der Waals surface area contributed by atoms with Crippen LogP contribution in [0, 0.1) is 0 Å². The van der Waals surface area contributed by atoms with E-state index in [1.165, 1.54) is 14.4 Å². The van der Waals surface area contributed by atoms with Gasteiger partial charge in [-0.25, -0.2) is 0 Å². The Morgan fingerprint density at radius 3 is 3.36 bits per heavy atom. The molecule has 1 aromatic rings. The van der Waals surface area contributed by atoms with Crippen LogP contribution in [0.5, 0.6) is 0 Å². The summed E-state index contributed by atoms with van der Waals surface area (Å²) in [5.74, 6) is 0. The van der Waals surface area contributed by atoms with Crippen molar-refractivity contribution in [2.75, 3.05) is 0 Å². The summed E-state index contributed by atoms with van der Waals surface area (Å²) in [6.07, 6.45) is 2.98. The van der Waals surface area contributed by atoms with Crippen LogP contribution < -0.4 is 0 Å². The molecule has 0 N–H and O–H groups in total. The van der Waals surface area contributed by atoms with Crippen LogP contribution in [0.2, 0.25) is 7.93 Å². The third-order valence-electron chi connectivity index (χ3n) is 4.24. The van der Waals surface area contributed by atoms with Crippen molar-refractivity contribution in [1.29, 1.82) is 0 Å². The molecule has 4 unspecified atom stereocenters. The Kier molecular flexibility index (Phi) is 1.27. The molecule has 4 aliphatic rings. The van der Waals surface area contributed by atoms with Gasteiger partial charge >= 0.3 is 105 Å². The van der Waals surface area contributed by atoms with E-state index in [1.54, 1.807) is 12.0 Å². The first-order chi connectivity index (χ1) is 6.90. The zero-order chi connectivity index (χ0) is 8.91. The molecular formula is C12H10Te2. The van der Waals surface area contributed by atoms with E-state index in [0.717, 1.165) is 7.43 Å². The number of fused-ring (bicyclic) bond motifs is 3. The molecule has 0 nitrogen and oxygen atoms in total. The Bertz CT molecular complexity index is 467. The van der Waals surface area contributed by atoms with Gasteiger partial charge in [0.05, 0.1) is 0 Å². The van der Waals surface area contributed by atoms with Crippen LogP contribution in [0.1, 0.15) is 27.1 Å². The van der Waals surface area contributed by atoms with Crippen molar-refractivity contribution < 1.29 is 0 Å². The van der Waals surface area contributed by atoms with Gasteiger partial charge in [-0.15, -0.1) is 0 Å². The molecule has 1 spiro atoms. The van der Waals surface area contributed by atoms with Gasteiger partial charge in [0, 0.05) is 0 Å². The first-order valence-corrected chi connectivity index (χ1v) is 10.6. The second kappa shape index (κ2) is 2.24. The molecule has 0 saturated carbocycles. The van der Waals surface area contributed by atoms with Crippen molar-refractivity contribution in [3.8, 4) is 0 Å². The number of hydrogen-bond acceptors (Lipinski definition) is 0. The van der Waals surface area contributed by atoms with Crippen molar-refractivity contribution in [2.24, 2.45) is 0 Å². The van der Waals surface area contributed by atoms with E-state index in [0.29, 0.717) is 41.8 Å². The maximum absolute atomic E-state index is 2.48. The third kappa shape index (κ3) is 0.719. The van der Waals surface area contributed by atoms with Gasteiger partial charge < -0.3 is 0 Å². The van der Waals surface area contributed by atoms with E-state index in [9.17, 15) is 0 Å². The van der Waals surface area contributed by atoms with E-state index >= 15 is 0 Å². The molecule has 2 aliphatic heterocycles. The number of rotatable bonds is 0. The summed E-state index contributed by atoms with van der Waals surface area (Å²) >= 11 is 0.833. The monoisotopic (exact) mass is 414 g/mol. The maximum atomic E-state index is 2.48. The Morgan fingerprint density at radius 2 is 2.36 bits per heavy atom. The molecule has 1 aromatic carbocycles. The topological polar surface area (TPSA) is 0 Å². The van der Waals surface area contributed by atoms with E-state index in [4.69, 9.17) is 0 Å². The Hall–Kier alpha value is 0.799. The van der Waals surface area contributed by atoms with E-state index in [-0.39, 0.29) is 0 Å². The zero-order valence-electron chi connectivity index (χ0n) is 7.69. The van der Waals surface area contributed by atoms with E-state index in [1.807, 2.05) is 11.1 Å². The summed E-state index contributed by atoms with van der Waals surface area (Å²) in [6, 6.07) is 7.22. The van der Waals surface area contributed by atoms with Crippen LogP contribution in [-0.2, 0) is 9.88 Å².